The van der Waals surface area contributed by atoms with Crippen molar-refractivity contribution in [1.29, 1.82) is 0 Å². The molecule has 0 spiro atoms. The lowest BCUT2D eigenvalue weighted by Gasteiger charge is -1.93. The van der Waals surface area contributed by atoms with Crippen LogP contribution in [0, 0.1) is 0 Å². The van der Waals surface area contributed by atoms with Gasteiger partial charge in [-0.2, -0.15) is 0 Å². The second kappa shape index (κ2) is 4.38. The van der Waals surface area contributed by atoms with Crippen molar-refractivity contribution >= 4 is 37.5 Å². The summed E-state index contributed by atoms with van der Waals surface area (Å²) in [7, 11) is 0. The molecule has 14 heavy (non-hydrogen) atoms. The molecule has 0 fully saturated rings. The zero-order valence-corrected chi connectivity index (χ0v) is 10.3. The van der Waals surface area contributed by atoms with Crippen LogP contribution < -0.4 is 5.32 Å². The van der Waals surface area contributed by atoms with E-state index in [1.54, 1.807) is 11.3 Å². The van der Waals surface area contributed by atoms with Crippen molar-refractivity contribution in [2.24, 2.45) is 0 Å². The van der Waals surface area contributed by atoms with Gasteiger partial charge in [-0.3, -0.25) is 0 Å². The second-order valence-corrected chi connectivity index (χ2v) is 5.03. The van der Waals surface area contributed by atoms with Gasteiger partial charge in [0.25, 0.3) is 0 Å². The highest BCUT2D eigenvalue weighted by molar-refractivity contribution is 9.10. The summed E-state index contributed by atoms with van der Waals surface area (Å²) in [5.74, 6) is 0. The van der Waals surface area contributed by atoms with E-state index in [1.165, 1.54) is 4.70 Å². The van der Waals surface area contributed by atoms with Crippen LogP contribution in [-0.4, -0.2) is 11.5 Å². The highest BCUT2D eigenvalue weighted by Crippen LogP contribution is 2.25. The van der Waals surface area contributed by atoms with E-state index in [0.29, 0.717) is 0 Å². The largest absolute Gasteiger partial charge is 0.311 e. The fourth-order valence-corrected chi connectivity index (χ4v) is 2.74. The topological polar surface area (TPSA) is 24.9 Å². The number of hydrogen-bond acceptors (Lipinski definition) is 3. The average Bonchev–Trinajstić information content (AvgIpc) is 2.56. The lowest BCUT2D eigenvalue weighted by Crippen LogP contribution is -2.11. The first-order chi connectivity index (χ1) is 6.79. The van der Waals surface area contributed by atoms with E-state index in [-0.39, 0.29) is 0 Å². The average molecular weight is 271 g/mol. The monoisotopic (exact) mass is 270 g/mol. The van der Waals surface area contributed by atoms with Gasteiger partial charge in [-0.25, -0.2) is 4.98 Å². The number of fused-ring (bicyclic) bond motifs is 1. The van der Waals surface area contributed by atoms with Gasteiger partial charge in [0.15, 0.2) is 0 Å². The third-order valence-electron chi connectivity index (χ3n) is 1.92. The molecule has 1 N–H and O–H groups in total. The lowest BCUT2D eigenvalue weighted by atomic mass is 10.3. The maximum absolute atomic E-state index is 4.53. The second-order valence-electron chi connectivity index (χ2n) is 3.00. The van der Waals surface area contributed by atoms with Crippen LogP contribution in [0.1, 0.15) is 11.9 Å². The Morgan fingerprint density at radius 2 is 2.36 bits per heavy atom. The molecule has 2 nitrogen and oxygen atoms in total. The molecule has 74 valence electrons. The highest BCUT2D eigenvalue weighted by atomic mass is 79.9. The maximum Gasteiger partial charge on any atom is 0.108 e. The number of benzene rings is 1. The van der Waals surface area contributed by atoms with Crippen LogP contribution in [0.15, 0.2) is 22.7 Å². The first-order valence-corrected chi connectivity index (χ1v) is 6.16. The molecule has 0 unspecified atom stereocenters. The summed E-state index contributed by atoms with van der Waals surface area (Å²) in [4.78, 5) is 4.53. The minimum absolute atomic E-state index is 0.869. The Morgan fingerprint density at radius 3 is 3.14 bits per heavy atom. The molecular formula is C10H11BrN2S. The molecule has 4 heteroatoms. The molecule has 0 aliphatic heterocycles. The van der Waals surface area contributed by atoms with E-state index < -0.39 is 0 Å². The summed E-state index contributed by atoms with van der Waals surface area (Å²) in [6.45, 7) is 3.96. The van der Waals surface area contributed by atoms with Crippen LogP contribution in [0.3, 0.4) is 0 Å². The van der Waals surface area contributed by atoms with Crippen molar-refractivity contribution in [3.63, 3.8) is 0 Å². The smallest absolute Gasteiger partial charge is 0.108 e. The van der Waals surface area contributed by atoms with E-state index in [2.05, 4.69) is 39.2 Å². The Labute approximate surface area is 95.5 Å². The number of thiazole rings is 1. The predicted molar refractivity (Wildman–Crippen MR) is 64.7 cm³/mol. The van der Waals surface area contributed by atoms with Gasteiger partial charge in [0.05, 0.1) is 10.2 Å². The molecule has 2 rings (SSSR count). The number of nitrogens with zero attached hydrogens (tertiary/aromatic N) is 1. The van der Waals surface area contributed by atoms with E-state index in [1.807, 2.05) is 12.1 Å². The maximum atomic E-state index is 4.53. The minimum atomic E-state index is 0.869. The van der Waals surface area contributed by atoms with Gasteiger partial charge in [0.2, 0.25) is 0 Å². The van der Waals surface area contributed by atoms with Gasteiger partial charge in [-0.1, -0.05) is 22.9 Å². The number of nitrogens with one attached hydrogen (secondary N) is 1. The molecule has 0 aliphatic carbocycles. The first-order valence-electron chi connectivity index (χ1n) is 4.55. The third kappa shape index (κ3) is 2.13. The highest BCUT2D eigenvalue weighted by Gasteiger charge is 2.02. The first kappa shape index (κ1) is 10.1. The lowest BCUT2D eigenvalue weighted by molar-refractivity contribution is 0.724. The van der Waals surface area contributed by atoms with E-state index in [0.717, 1.165) is 28.1 Å². The van der Waals surface area contributed by atoms with E-state index >= 15 is 0 Å². The van der Waals surface area contributed by atoms with Crippen molar-refractivity contribution in [3.8, 4) is 0 Å². The Balaban J connectivity index is 2.32. The molecule has 0 saturated heterocycles. The standard InChI is InChI=1S/C10H11BrN2S/c1-2-12-6-10-13-8-4-3-7(11)5-9(8)14-10/h3-5,12H,2,6H2,1H3. The molecule has 0 radical (unpaired) electrons. The molecule has 0 atom stereocenters. The summed E-state index contributed by atoms with van der Waals surface area (Å²) < 4.78 is 2.36. The fraction of sp³-hybridized carbons (Fsp3) is 0.300. The van der Waals surface area contributed by atoms with Gasteiger partial charge in [0.1, 0.15) is 5.01 Å². The van der Waals surface area contributed by atoms with Crippen molar-refractivity contribution in [2.75, 3.05) is 6.54 Å². The number of halogens is 1. The van der Waals surface area contributed by atoms with Crippen LogP contribution >= 0.6 is 27.3 Å². The van der Waals surface area contributed by atoms with Crippen molar-refractivity contribution in [1.82, 2.24) is 10.3 Å². The molecular weight excluding hydrogens is 260 g/mol. The van der Waals surface area contributed by atoms with Crippen LogP contribution in [0.4, 0.5) is 0 Å². The molecule has 2 aromatic rings. The van der Waals surface area contributed by atoms with Gasteiger partial charge < -0.3 is 5.32 Å². The van der Waals surface area contributed by atoms with E-state index in [9.17, 15) is 0 Å². The molecule has 0 amide bonds. The summed E-state index contributed by atoms with van der Waals surface area (Å²) in [6, 6.07) is 6.19. The van der Waals surface area contributed by atoms with Gasteiger partial charge in [-0.15, -0.1) is 11.3 Å². The quantitative estimate of drug-likeness (QED) is 0.927. The van der Waals surface area contributed by atoms with Gasteiger partial charge in [0, 0.05) is 11.0 Å². The van der Waals surface area contributed by atoms with E-state index in [4.69, 9.17) is 0 Å². The molecule has 0 saturated carbocycles. The van der Waals surface area contributed by atoms with Crippen molar-refractivity contribution in [2.45, 2.75) is 13.5 Å². The third-order valence-corrected chi connectivity index (χ3v) is 3.43. The summed E-state index contributed by atoms with van der Waals surface area (Å²) in [5.41, 5.74) is 1.09. The minimum Gasteiger partial charge on any atom is -0.311 e. The molecule has 1 aromatic heterocycles. The fourth-order valence-electron chi connectivity index (χ4n) is 1.25. The summed E-state index contributed by atoms with van der Waals surface area (Å²) in [5, 5.41) is 4.43. The molecule has 1 heterocycles. The van der Waals surface area contributed by atoms with Crippen LogP contribution in [0.25, 0.3) is 10.2 Å². The van der Waals surface area contributed by atoms with Gasteiger partial charge in [-0.05, 0) is 24.7 Å². The van der Waals surface area contributed by atoms with Crippen LogP contribution in [-0.2, 0) is 6.54 Å². The predicted octanol–water partition coefficient (Wildman–Crippen LogP) is 3.17. The molecule has 0 aliphatic rings. The van der Waals surface area contributed by atoms with Crippen LogP contribution in [0.5, 0.6) is 0 Å². The number of aromatic nitrogens is 1. The Kier molecular flexibility index (Phi) is 3.15. The Hall–Kier alpha value is -0.450. The molecule has 1 aromatic carbocycles. The number of rotatable bonds is 3. The Morgan fingerprint density at radius 1 is 1.50 bits per heavy atom. The van der Waals surface area contributed by atoms with Crippen molar-refractivity contribution < 1.29 is 0 Å². The Bertz CT molecular complexity index is 439. The van der Waals surface area contributed by atoms with Gasteiger partial charge >= 0.3 is 0 Å². The number of hydrogen-bond donors (Lipinski definition) is 1. The zero-order valence-electron chi connectivity index (χ0n) is 7.88. The van der Waals surface area contributed by atoms with Crippen molar-refractivity contribution in [3.05, 3.63) is 27.7 Å². The SMILES string of the molecule is CCNCc1nc2ccc(Br)cc2s1. The summed E-state index contributed by atoms with van der Waals surface area (Å²) >= 11 is 5.21. The zero-order chi connectivity index (χ0) is 9.97. The van der Waals surface area contributed by atoms with Crippen LogP contribution in [0.2, 0.25) is 0 Å². The summed E-state index contributed by atoms with van der Waals surface area (Å²) in [6.07, 6.45) is 0. The molecule has 0 bridgehead atoms. The normalized spacial score (nSPS) is 11.0.